The first-order chi connectivity index (χ1) is 12.5. The van der Waals surface area contributed by atoms with Crippen LogP contribution in [0.2, 0.25) is 0 Å². The molecule has 0 fully saturated rings. The van der Waals surface area contributed by atoms with Crippen molar-refractivity contribution in [1.82, 2.24) is 9.97 Å². The minimum atomic E-state index is -0.525. The van der Waals surface area contributed by atoms with E-state index in [1.54, 1.807) is 36.4 Å². The van der Waals surface area contributed by atoms with E-state index in [-0.39, 0.29) is 23.5 Å². The fraction of sp³-hybridized carbons (Fsp3) is 0.0526. The first kappa shape index (κ1) is 17.2. The predicted octanol–water partition coefficient (Wildman–Crippen LogP) is 3.86. The number of amides is 1. The average molecular weight is 351 g/mol. The Morgan fingerprint density at radius 3 is 2.19 bits per heavy atom. The van der Waals surface area contributed by atoms with Gasteiger partial charge in [-0.25, -0.2) is 14.4 Å². The van der Waals surface area contributed by atoms with Crippen LogP contribution in [0.1, 0.15) is 27.6 Å². The molecule has 130 valence electrons. The summed E-state index contributed by atoms with van der Waals surface area (Å²) >= 11 is 0. The third-order valence-corrected chi connectivity index (χ3v) is 3.48. The predicted molar refractivity (Wildman–Crippen MR) is 92.9 cm³/mol. The maximum Gasteiger partial charge on any atom is 0.322 e. The molecule has 1 amide bonds. The number of carbonyl (C=O) groups is 2. The molecule has 1 N–H and O–H groups in total. The number of Topliss-reactive ketones (excluding diaryl/α,β-unsaturated/α-hetero) is 1. The molecule has 6 nitrogen and oxygen atoms in total. The molecular formula is C19H14FN3O3. The Bertz CT molecular complexity index is 941. The standard InChI is InChI=1S/C19H14FN3O3/c1-12(24)13-6-8-14(9-7-13)18(25)23-15-10-21-19(22-11-15)26-17-5-3-2-4-16(17)20/h2-11H,1H3,(H,23,25). The van der Waals surface area contributed by atoms with Crippen LogP contribution >= 0.6 is 0 Å². The molecule has 7 heteroatoms. The van der Waals surface area contributed by atoms with E-state index in [1.807, 2.05) is 0 Å². The summed E-state index contributed by atoms with van der Waals surface area (Å²) in [4.78, 5) is 31.3. The second-order valence-electron chi connectivity index (χ2n) is 5.37. The number of anilines is 1. The number of nitrogens with one attached hydrogen (secondary N) is 1. The van der Waals surface area contributed by atoms with Gasteiger partial charge in [-0.15, -0.1) is 0 Å². The van der Waals surface area contributed by atoms with Crippen LogP contribution in [0.4, 0.5) is 10.1 Å². The maximum absolute atomic E-state index is 13.5. The number of aromatic nitrogens is 2. The second-order valence-corrected chi connectivity index (χ2v) is 5.37. The van der Waals surface area contributed by atoms with Gasteiger partial charge in [0.2, 0.25) is 0 Å². The Morgan fingerprint density at radius 1 is 0.962 bits per heavy atom. The Kier molecular flexibility index (Phi) is 4.98. The Morgan fingerprint density at radius 2 is 1.58 bits per heavy atom. The normalized spacial score (nSPS) is 10.2. The van der Waals surface area contributed by atoms with E-state index in [0.717, 1.165) is 0 Å². The molecule has 0 bridgehead atoms. The summed E-state index contributed by atoms with van der Waals surface area (Å²) in [5.74, 6) is -0.959. The van der Waals surface area contributed by atoms with E-state index < -0.39 is 5.82 Å². The fourth-order valence-corrected chi connectivity index (χ4v) is 2.12. The monoisotopic (exact) mass is 351 g/mol. The molecule has 0 saturated heterocycles. The van der Waals surface area contributed by atoms with E-state index in [1.165, 1.54) is 31.5 Å². The minimum absolute atomic E-state index is 0.00912. The summed E-state index contributed by atoms with van der Waals surface area (Å²) in [6.07, 6.45) is 2.70. The summed E-state index contributed by atoms with van der Waals surface area (Å²) in [5, 5.41) is 2.63. The number of hydrogen-bond acceptors (Lipinski definition) is 5. The topological polar surface area (TPSA) is 81.2 Å². The average Bonchev–Trinajstić information content (AvgIpc) is 2.65. The molecule has 0 aliphatic carbocycles. The first-order valence-electron chi connectivity index (χ1n) is 7.70. The molecule has 0 radical (unpaired) electrons. The van der Waals surface area contributed by atoms with Gasteiger partial charge < -0.3 is 10.1 Å². The molecule has 26 heavy (non-hydrogen) atoms. The number of hydrogen-bond donors (Lipinski definition) is 1. The third-order valence-electron chi connectivity index (χ3n) is 3.48. The quantitative estimate of drug-likeness (QED) is 0.706. The van der Waals surface area contributed by atoms with Gasteiger partial charge in [0.25, 0.3) is 5.91 Å². The highest BCUT2D eigenvalue weighted by molar-refractivity contribution is 6.04. The third kappa shape index (κ3) is 4.07. The van der Waals surface area contributed by atoms with E-state index in [0.29, 0.717) is 16.8 Å². The smallest absolute Gasteiger partial charge is 0.322 e. The number of halogens is 1. The molecule has 0 unspecified atom stereocenters. The van der Waals surface area contributed by atoms with E-state index >= 15 is 0 Å². The molecule has 0 spiro atoms. The van der Waals surface area contributed by atoms with Gasteiger partial charge in [0.1, 0.15) is 0 Å². The molecular weight excluding hydrogens is 337 g/mol. The molecule has 3 aromatic rings. The van der Waals surface area contributed by atoms with Crippen molar-refractivity contribution in [3.63, 3.8) is 0 Å². The summed E-state index contributed by atoms with van der Waals surface area (Å²) in [5.41, 5.74) is 1.27. The van der Waals surface area contributed by atoms with Crippen LogP contribution in [-0.2, 0) is 0 Å². The largest absolute Gasteiger partial charge is 0.421 e. The summed E-state index contributed by atoms with van der Waals surface area (Å²) in [7, 11) is 0. The van der Waals surface area contributed by atoms with Gasteiger partial charge >= 0.3 is 6.01 Å². The SMILES string of the molecule is CC(=O)c1ccc(C(=O)Nc2cnc(Oc3ccccc3F)nc2)cc1. The Balaban J connectivity index is 1.66. The van der Waals surface area contributed by atoms with Gasteiger partial charge in [-0.2, -0.15) is 0 Å². The number of benzene rings is 2. The van der Waals surface area contributed by atoms with Crippen LogP contribution in [0, 0.1) is 5.82 Å². The zero-order chi connectivity index (χ0) is 18.5. The molecule has 3 rings (SSSR count). The van der Waals surface area contributed by atoms with Crippen molar-refractivity contribution in [1.29, 1.82) is 0 Å². The van der Waals surface area contributed by atoms with Gasteiger partial charge in [-0.05, 0) is 31.2 Å². The van der Waals surface area contributed by atoms with E-state index in [4.69, 9.17) is 4.74 Å². The molecule has 1 heterocycles. The molecule has 0 atom stereocenters. The van der Waals surface area contributed by atoms with Crippen molar-refractivity contribution >= 4 is 17.4 Å². The Labute approximate surface area is 148 Å². The van der Waals surface area contributed by atoms with Crippen LogP contribution < -0.4 is 10.1 Å². The first-order valence-corrected chi connectivity index (χ1v) is 7.70. The molecule has 0 saturated carbocycles. The molecule has 0 aliphatic rings. The van der Waals surface area contributed by atoms with Crippen molar-refractivity contribution in [3.8, 4) is 11.8 Å². The van der Waals surface area contributed by atoms with Crippen molar-refractivity contribution in [2.45, 2.75) is 6.92 Å². The lowest BCUT2D eigenvalue weighted by Crippen LogP contribution is -2.12. The summed E-state index contributed by atoms with van der Waals surface area (Å²) in [6, 6.07) is 12.1. The zero-order valence-corrected chi connectivity index (χ0v) is 13.8. The van der Waals surface area contributed by atoms with E-state index in [2.05, 4.69) is 15.3 Å². The number of carbonyl (C=O) groups excluding carboxylic acids is 2. The number of para-hydroxylation sites is 1. The van der Waals surface area contributed by atoms with Crippen LogP contribution in [0.25, 0.3) is 0 Å². The lowest BCUT2D eigenvalue weighted by Gasteiger charge is -2.07. The highest BCUT2D eigenvalue weighted by Gasteiger charge is 2.09. The molecule has 0 aliphatic heterocycles. The van der Waals surface area contributed by atoms with Gasteiger partial charge in [0.05, 0.1) is 18.1 Å². The van der Waals surface area contributed by atoms with Crippen molar-refractivity contribution in [3.05, 3.63) is 77.9 Å². The lowest BCUT2D eigenvalue weighted by molar-refractivity contribution is 0.100. The van der Waals surface area contributed by atoms with Gasteiger partial charge in [0.15, 0.2) is 17.3 Å². The van der Waals surface area contributed by atoms with Crippen LogP contribution in [-0.4, -0.2) is 21.7 Å². The lowest BCUT2D eigenvalue weighted by atomic mass is 10.1. The highest BCUT2D eigenvalue weighted by Crippen LogP contribution is 2.21. The fourth-order valence-electron chi connectivity index (χ4n) is 2.12. The van der Waals surface area contributed by atoms with Gasteiger partial charge in [0, 0.05) is 11.1 Å². The van der Waals surface area contributed by atoms with Crippen molar-refractivity contribution in [2.24, 2.45) is 0 Å². The van der Waals surface area contributed by atoms with Crippen molar-refractivity contribution in [2.75, 3.05) is 5.32 Å². The Hall–Kier alpha value is -3.61. The maximum atomic E-state index is 13.5. The molecule has 2 aromatic carbocycles. The zero-order valence-electron chi connectivity index (χ0n) is 13.8. The minimum Gasteiger partial charge on any atom is -0.421 e. The van der Waals surface area contributed by atoms with Gasteiger partial charge in [-0.3, -0.25) is 9.59 Å². The van der Waals surface area contributed by atoms with Crippen LogP contribution in [0.5, 0.6) is 11.8 Å². The summed E-state index contributed by atoms with van der Waals surface area (Å²) < 4.78 is 18.8. The number of ketones is 1. The second kappa shape index (κ2) is 7.52. The van der Waals surface area contributed by atoms with Crippen molar-refractivity contribution < 1.29 is 18.7 Å². The highest BCUT2D eigenvalue weighted by atomic mass is 19.1. The number of ether oxygens (including phenoxy) is 1. The van der Waals surface area contributed by atoms with E-state index in [9.17, 15) is 14.0 Å². The van der Waals surface area contributed by atoms with Gasteiger partial charge in [-0.1, -0.05) is 24.3 Å². The summed E-state index contributed by atoms with van der Waals surface area (Å²) in [6.45, 7) is 1.46. The van der Waals surface area contributed by atoms with Crippen LogP contribution in [0.3, 0.4) is 0 Å². The molecule has 1 aromatic heterocycles. The number of rotatable bonds is 5. The number of nitrogens with zero attached hydrogens (tertiary/aromatic N) is 2. The van der Waals surface area contributed by atoms with Crippen LogP contribution in [0.15, 0.2) is 60.9 Å².